The normalized spacial score (nSPS) is 9.81. The molecule has 0 N–H and O–H groups in total. The Hall–Kier alpha value is -2.23. The van der Waals surface area contributed by atoms with Crippen LogP contribution in [-0.4, -0.2) is 23.0 Å². The van der Waals surface area contributed by atoms with Gasteiger partial charge in [-0.05, 0) is 0 Å². The van der Waals surface area contributed by atoms with E-state index >= 15 is 0 Å². The average molecular weight is 214 g/mol. The third-order valence-corrected chi connectivity index (χ3v) is 2.12. The molecule has 0 saturated heterocycles. The molecule has 0 saturated carbocycles. The van der Waals surface area contributed by atoms with E-state index in [-0.39, 0.29) is 5.69 Å². The van der Waals surface area contributed by atoms with E-state index in [1.54, 1.807) is 6.20 Å². The predicted octanol–water partition coefficient (Wildman–Crippen LogP) is 1.93. The van der Waals surface area contributed by atoms with Crippen LogP contribution in [0.25, 0.3) is 11.3 Å². The van der Waals surface area contributed by atoms with Crippen molar-refractivity contribution in [2.24, 2.45) is 0 Å². The molecule has 0 aliphatic carbocycles. The molecular weight excluding hydrogens is 204 g/mol. The molecule has 1 aromatic heterocycles. The van der Waals surface area contributed by atoms with E-state index in [4.69, 9.17) is 0 Å². The lowest BCUT2D eigenvalue weighted by atomic mass is 10.2. The highest BCUT2D eigenvalue weighted by Gasteiger charge is 2.07. The molecule has 4 heteroatoms. The maximum Gasteiger partial charge on any atom is 0.358 e. The predicted molar refractivity (Wildman–Crippen MR) is 58.8 cm³/mol. The van der Waals surface area contributed by atoms with Crippen LogP contribution < -0.4 is 0 Å². The number of benzene rings is 1. The van der Waals surface area contributed by atoms with Gasteiger partial charge in [0.15, 0.2) is 5.69 Å². The van der Waals surface area contributed by atoms with Crippen molar-refractivity contribution in [1.29, 1.82) is 0 Å². The van der Waals surface area contributed by atoms with E-state index in [1.165, 1.54) is 13.3 Å². The van der Waals surface area contributed by atoms with Crippen molar-refractivity contribution in [2.75, 3.05) is 7.11 Å². The van der Waals surface area contributed by atoms with E-state index in [9.17, 15) is 4.79 Å². The second-order valence-corrected chi connectivity index (χ2v) is 3.14. The van der Waals surface area contributed by atoms with Crippen LogP contribution in [0.15, 0.2) is 42.7 Å². The summed E-state index contributed by atoms with van der Waals surface area (Å²) in [6.07, 6.45) is 2.97. The van der Waals surface area contributed by atoms with E-state index in [2.05, 4.69) is 14.7 Å². The maximum atomic E-state index is 11.1. The minimum absolute atomic E-state index is 0.210. The van der Waals surface area contributed by atoms with Crippen LogP contribution in [0.5, 0.6) is 0 Å². The molecule has 80 valence electrons. The zero-order valence-electron chi connectivity index (χ0n) is 8.75. The summed E-state index contributed by atoms with van der Waals surface area (Å²) in [6.45, 7) is 0. The van der Waals surface area contributed by atoms with Crippen molar-refractivity contribution in [3.05, 3.63) is 48.4 Å². The molecule has 0 aliphatic heterocycles. The van der Waals surface area contributed by atoms with Crippen LogP contribution in [0, 0.1) is 0 Å². The highest BCUT2D eigenvalue weighted by molar-refractivity contribution is 5.86. The molecule has 0 aliphatic rings. The molecule has 4 nitrogen and oxygen atoms in total. The molecule has 0 bridgehead atoms. The lowest BCUT2D eigenvalue weighted by Crippen LogP contribution is -2.04. The van der Waals surface area contributed by atoms with Gasteiger partial charge in [0.05, 0.1) is 25.2 Å². The molecule has 0 spiro atoms. The Morgan fingerprint density at radius 1 is 1.12 bits per heavy atom. The van der Waals surface area contributed by atoms with Crippen molar-refractivity contribution in [1.82, 2.24) is 9.97 Å². The van der Waals surface area contributed by atoms with Gasteiger partial charge in [-0.2, -0.15) is 0 Å². The Bertz CT molecular complexity index is 480. The molecule has 1 aromatic carbocycles. The summed E-state index contributed by atoms with van der Waals surface area (Å²) in [4.78, 5) is 19.3. The van der Waals surface area contributed by atoms with Gasteiger partial charge < -0.3 is 4.74 Å². The van der Waals surface area contributed by atoms with Crippen molar-refractivity contribution in [3.63, 3.8) is 0 Å². The second kappa shape index (κ2) is 4.53. The van der Waals surface area contributed by atoms with Gasteiger partial charge in [-0.1, -0.05) is 30.3 Å². The average Bonchev–Trinajstić information content (AvgIpc) is 2.39. The van der Waals surface area contributed by atoms with Gasteiger partial charge in [0.2, 0.25) is 0 Å². The van der Waals surface area contributed by atoms with E-state index in [1.807, 2.05) is 30.3 Å². The summed E-state index contributed by atoms with van der Waals surface area (Å²) in [7, 11) is 1.31. The van der Waals surface area contributed by atoms with Gasteiger partial charge in [-0.25, -0.2) is 9.78 Å². The van der Waals surface area contributed by atoms with Crippen molar-refractivity contribution in [2.45, 2.75) is 0 Å². The number of carbonyl (C=O) groups is 1. The van der Waals surface area contributed by atoms with E-state index in [0.717, 1.165) is 11.3 Å². The summed E-state index contributed by atoms with van der Waals surface area (Å²) in [5.74, 6) is -0.480. The van der Waals surface area contributed by atoms with Gasteiger partial charge in [0.25, 0.3) is 0 Å². The molecule has 1 heterocycles. The number of esters is 1. The number of methoxy groups -OCH3 is 1. The maximum absolute atomic E-state index is 11.1. The summed E-state index contributed by atoms with van der Waals surface area (Å²) in [6, 6.07) is 9.64. The Morgan fingerprint density at radius 2 is 1.88 bits per heavy atom. The number of hydrogen-bond donors (Lipinski definition) is 0. The van der Waals surface area contributed by atoms with E-state index in [0.29, 0.717) is 0 Å². The van der Waals surface area contributed by atoms with Crippen molar-refractivity contribution < 1.29 is 9.53 Å². The number of hydrogen-bond acceptors (Lipinski definition) is 4. The first kappa shape index (κ1) is 10.3. The molecule has 0 unspecified atom stereocenters. The molecular formula is C12H10N2O2. The van der Waals surface area contributed by atoms with Crippen LogP contribution in [0.3, 0.4) is 0 Å². The first-order valence-corrected chi connectivity index (χ1v) is 4.77. The highest BCUT2D eigenvalue weighted by atomic mass is 16.5. The SMILES string of the molecule is COC(=O)c1cnc(-c2ccccc2)cn1. The zero-order chi connectivity index (χ0) is 11.4. The topological polar surface area (TPSA) is 52.1 Å². The number of rotatable bonds is 2. The number of ether oxygens (including phenoxy) is 1. The third-order valence-electron chi connectivity index (χ3n) is 2.12. The third kappa shape index (κ3) is 2.06. The molecule has 0 amide bonds. The first-order valence-electron chi connectivity index (χ1n) is 4.77. The Morgan fingerprint density at radius 3 is 2.44 bits per heavy atom. The number of aromatic nitrogens is 2. The van der Waals surface area contributed by atoms with Crippen LogP contribution >= 0.6 is 0 Å². The fourth-order valence-corrected chi connectivity index (χ4v) is 1.30. The first-order chi connectivity index (χ1) is 7.81. The minimum atomic E-state index is -0.480. The Balaban J connectivity index is 2.30. The fraction of sp³-hybridized carbons (Fsp3) is 0.0833. The standard InChI is InChI=1S/C12H10N2O2/c1-16-12(15)11-8-13-10(7-14-11)9-5-3-2-4-6-9/h2-8H,1H3. The highest BCUT2D eigenvalue weighted by Crippen LogP contribution is 2.14. The molecule has 0 radical (unpaired) electrons. The molecule has 2 aromatic rings. The van der Waals surface area contributed by atoms with Crippen molar-refractivity contribution in [3.8, 4) is 11.3 Å². The van der Waals surface area contributed by atoms with Gasteiger partial charge in [-0.3, -0.25) is 4.98 Å². The number of carbonyl (C=O) groups excluding carboxylic acids is 1. The lowest BCUT2D eigenvalue weighted by Gasteiger charge is -2.01. The lowest BCUT2D eigenvalue weighted by molar-refractivity contribution is 0.0593. The Kier molecular flexibility index (Phi) is 2.91. The molecule has 16 heavy (non-hydrogen) atoms. The van der Waals surface area contributed by atoms with Crippen LogP contribution in [0.2, 0.25) is 0 Å². The summed E-state index contributed by atoms with van der Waals surface area (Å²) >= 11 is 0. The van der Waals surface area contributed by atoms with Gasteiger partial charge in [0.1, 0.15) is 0 Å². The minimum Gasteiger partial charge on any atom is -0.464 e. The molecule has 2 rings (SSSR count). The van der Waals surface area contributed by atoms with E-state index < -0.39 is 5.97 Å². The summed E-state index contributed by atoms with van der Waals surface area (Å²) < 4.78 is 4.54. The monoisotopic (exact) mass is 214 g/mol. The van der Waals surface area contributed by atoms with Gasteiger partial charge >= 0.3 is 5.97 Å². The second-order valence-electron chi connectivity index (χ2n) is 3.14. The smallest absolute Gasteiger partial charge is 0.358 e. The van der Waals surface area contributed by atoms with Crippen LogP contribution in [-0.2, 0) is 4.74 Å². The largest absolute Gasteiger partial charge is 0.464 e. The van der Waals surface area contributed by atoms with Crippen molar-refractivity contribution >= 4 is 5.97 Å². The number of nitrogens with zero attached hydrogens (tertiary/aromatic N) is 2. The Labute approximate surface area is 92.9 Å². The van der Waals surface area contributed by atoms with Crippen LogP contribution in [0.1, 0.15) is 10.5 Å². The van der Waals surface area contributed by atoms with Gasteiger partial charge in [-0.15, -0.1) is 0 Å². The summed E-state index contributed by atoms with van der Waals surface area (Å²) in [5, 5.41) is 0. The fourth-order valence-electron chi connectivity index (χ4n) is 1.30. The van der Waals surface area contributed by atoms with Crippen LogP contribution in [0.4, 0.5) is 0 Å². The molecule has 0 atom stereocenters. The summed E-state index contributed by atoms with van der Waals surface area (Å²) in [5.41, 5.74) is 1.90. The van der Waals surface area contributed by atoms with Gasteiger partial charge in [0, 0.05) is 5.56 Å². The molecule has 0 fully saturated rings. The quantitative estimate of drug-likeness (QED) is 0.717. The zero-order valence-corrected chi connectivity index (χ0v) is 8.75.